The summed E-state index contributed by atoms with van der Waals surface area (Å²) in [5.74, 6) is 0. The Balaban J connectivity index is 2.62. The minimum absolute atomic E-state index is 0.973. The van der Waals surface area contributed by atoms with Crippen molar-refractivity contribution in [1.82, 2.24) is 4.68 Å². The lowest BCUT2D eigenvalue weighted by Crippen LogP contribution is -2.09. The molecule has 3 heteroatoms. The first-order chi connectivity index (χ1) is 5.92. The van der Waals surface area contributed by atoms with Gasteiger partial charge in [0.15, 0.2) is 0 Å². The second-order valence-corrected chi connectivity index (χ2v) is 2.46. The molecule has 0 aliphatic heterocycles. The van der Waals surface area contributed by atoms with Crippen LogP contribution in [0.15, 0.2) is 36.5 Å². The lowest BCUT2D eigenvalue weighted by molar-refractivity contribution is 0.556. The third-order valence-corrected chi connectivity index (χ3v) is 1.77. The SMILES string of the molecule is O=[C]Nn1ccc2ccccc21. The normalized spacial score (nSPS) is 10.0. The summed E-state index contributed by atoms with van der Waals surface area (Å²) >= 11 is 0. The molecule has 0 fully saturated rings. The van der Waals surface area contributed by atoms with Gasteiger partial charge in [0.05, 0.1) is 5.52 Å². The average Bonchev–Trinajstić information content (AvgIpc) is 2.50. The number of nitrogens with zero attached hydrogens (tertiary/aromatic N) is 1. The standard InChI is InChI=1S/C9H7N2O/c12-7-10-11-6-5-8-3-1-2-4-9(8)11/h1-6H,(H,10,12). The Hall–Kier alpha value is -1.77. The summed E-state index contributed by atoms with van der Waals surface area (Å²) in [6, 6.07) is 9.72. The topological polar surface area (TPSA) is 34.0 Å². The third kappa shape index (κ3) is 0.955. The smallest absolute Gasteiger partial charge is 0.262 e. The quantitative estimate of drug-likeness (QED) is 0.657. The van der Waals surface area contributed by atoms with Crippen LogP contribution in [0.25, 0.3) is 10.9 Å². The van der Waals surface area contributed by atoms with Crippen molar-refractivity contribution in [3.05, 3.63) is 36.5 Å². The Morgan fingerprint density at radius 1 is 1.25 bits per heavy atom. The fourth-order valence-electron chi connectivity index (χ4n) is 1.23. The molecular formula is C9H7N2O. The molecule has 0 unspecified atom stereocenters. The van der Waals surface area contributed by atoms with Gasteiger partial charge in [-0.1, -0.05) is 18.2 Å². The van der Waals surface area contributed by atoms with Gasteiger partial charge >= 0.3 is 6.41 Å². The first kappa shape index (κ1) is 6.91. The molecule has 1 amide bonds. The number of carbonyl (C=O) groups excluding carboxylic acids is 1. The van der Waals surface area contributed by atoms with Crippen molar-refractivity contribution in [2.45, 2.75) is 0 Å². The second-order valence-electron chi connectivity index (χ2n) is 2.46. The molecule has 3 nitrogen and oxygen atoms in total. The molecule has 12 heavy (non-hydrogen) atoms. The van der Waals surface area contributed by atoms with Gasteiger partial charge in [-0.2, -0.15) is 0 Å². The molecule has 0 aliphatic carbocycles. The highest BCUT2D eigenvalue weighted by Gasteiger charge is 1.96. The zero-order valence-electron chi connectivity index (χ0n) is 6.32. The summed E-state index contributed by atoms with van der Waals surface area (Å²) in [4.78, 5) is 10.1. The molecule has 0 aliphatic rings. The van der Waals surface area contributed by atoms with Gasteiger partial charge in [0.2, 0.25) is 0 Å². The van der Waals surface area contributed by atoms with E-state index in [0.717, 1.165) is 10.9 Å². The molecule has 1 aromatic heterocycles. The van der Waals surface area contributed by atoms with Crippen LogP contribution < -0.4 is 5.43 Å². The molecule has 0 spiro atoms. The summed E-state index contributed by atoms with van der Waals surface area (Å²) in [6.07, 6.45) is 3.41. The molecule has 59 valence electrons. The largest absolute Gasteiger partial charge is 0.329 e. The Morgan fingerprint density at radius 3 is 2.92 bits per heavy atom. The fraction of sp³-hybridized carbons (Fsp3) is 0. The lowest BCUT2D eigenvalue weighted by Gasteiger charge is -1.99. The van der Waals surface area contributed by atoms with Gasteiger partial charge in [-0.05, 0) is 12.1 Å². The Morgan fingerprint density at radius 2 is 2.08 bits per heavy atom. The van der Waals surface area contributed by atoms with E-state index in [9.17, 15) is 4.79 Å². The number of nitrogens with one attached hydrogen (secondary N) is 1. The van der Waals surface area contributed by atoms with Crippen molar-refractivity contribution in [3.8, 4) is 0 Å². The van der Waals surface area contributed by atoms with E-state index in [4.69, 9.17) is 0 Å². The lowest BCUT2D eigenvalue weighted by atomic mass is 10.3. The fourth-order valence-corrected chi connectivity index (χ4v) is 1.23. The Labute approximate surface area is 69.6 Å². The van der Waals surface area contributed by atoms with E-state index in [1.807, 2.05) is 30.3 Å². The van der Waals surface area contributed by atoms with Crippen LogP contribution in [0, 0.1) is 0 Å². The van der Waals surface area contributed by atoms with Gasteiger partial charge in [-0.3, -0.25) is 14.9 Å². The molecule has 0 atom stereocenters. The van der Waals surface area contributed by atoms with Crippen LogP contribution in [0.3, 0.4) is 0 Å². The maximum Gasteiger partial charge on any atom is 0.329 e. The molecule has 2 aromatic rings. The van der Waals surface area contributed by atoms with Crippen LogP contribution in [0.5, 0.6) is 0 Å². The van der Waals surface area contributed by atoms with Crippen LogP contribution in [0.2, 0.25) is 0 Å². The maximum absolute atomic E-state index is 10.1. The number of para-hydroxylation sites is 1. The second kappa shape index (κ2) is 2.70. The van der Waals surface area contributed by atoms with Crippen LogP contribution in [0.4, 0.5) is 0 Å². The highest BCUT2D eigenvalue weighted by molar-refractivity contribution is 5.81. The maximum atomic E-state index is 10.1. The highest BCUT2D eigenvalue weighted by atomic mass is 16.1. The van der Waals surface area contributed by atoms with Crippen molar-refractivity contribution in [2.75, 3.05) is 5.43 Å². The van der Waals surface area contributed by atoms with E-state index >= 15 is 0 Å². The average molecular weight is 159 g/mol. The summed E-state index contributed by atoms with van der Waals surface area (Å²) in [6.45, 7) is 0. The zero-order chi connectivity index (χ0) is 8.39. The number of benzene rings is 1. The van der Waals surface area contributed by atoms with Gasteiger partial charge in [0.25, 0.3) is 0 Å². The molecule has 0 bridgehead atoms. The van der Waals surface area contributed by atoms with E-state index in [0.29, 0.717) is 0 Å². The van der Waals surface area contributed by atoms with Crippen LogP contribution in [-0.4, -0.2) is 11.1 Å². The molecule has 1 radical (unpaired) electrons. The number of hydrogen-bond donors (Lipinski definition) is 1. The monoisotopic (exact) mass is 159 g/mol. The molecule has 1 N–H and O–H groups in total. The number of aromatic nitrogens is 1. The molecule has 0 saturated carbocycles. The van der Waals surface area contributed by atoms with Gasteiger partial charge in [-0.25, -0.2) is 0 Å². The number of hydrogen-bond acceptors (Lipinski definition) is 1. The highest BCUT2D eigenvalue weighted by Crippen LogP contribution is 2.12. The van der Waals surface area contributed by atoms with Crippen molar-refractivity contribution < 1.29 is 4.79 Å². The molecular weight excluding hydrogens is 152 g/mol. The predicted octanol–water partition coefficient (Wildman–Crippen LogP) is 1.25. The van der Waals surface area contributed by atoms with Crippen LogP contribution >= 0.6 is 0 Å². The number of rotatable bonds is 2. The third-order valence-electron chi connectivity index (χ3n) is 1.77. The van der Waals surface area contributed by atoms with Gasteiger partial charge in [-0.15, -0.1) is 0 Å². The zero-order valence-corrected chi connectivity index (χ0v) is 6.32. The summed E-state index contributed by atoms with van der Waals surface area (Å²) in [5, 5.41) is 1.10. The predicted molar refractivity (Wildman–Crippen MR) is 47.0 cm³/mol. The molecule has 0 saturated heterocycles. The Bertz CT molecular complexity index is 406. The number of amides is 1. The van der Waals surface area contributed by atoms with E-state index < -0.39 is 0 Å². The minimum atomic E-state index is 0.973. The van der Waals surface area contributed by atoms with Crippen LogP contribution in [-0.2, 0) is 4.79 Å². The van der Waals surface area contributed by atoms with Crippen molar-refractivity contribution >= 4 is 17.3 Å². The molecule has 2 rings (SSSR count). The summed E-state index contributed by atoms with van der Waals surface area (Å²) in [7, 11) is 0. The van der Waals surface area contributed by atoms with E-state index in [1.54, 1.807) is 17.3 Å². The Kier molecular flexibility index (Phi) is 1.55. The van der Waals surface area contributed by atoms with E-state index in [1.165, 1.54) is 0 Å². The van der Waals surface area contributed by atoms with Crippen molar-refractivity contribution in [2.24, 2.45) is 0 Å². The van der Waals surface area contributed by atoms with Gasteiger partial charge in [0, 0.05) is 11.6 Å². The first-order valence-electron chi connectivity index (χ1n) is 3.61. The van der Waals surface area contributed by atoms with E-state index in [2.05, 4.69) is 5.43 Å². The van der Waals surface area contributed by atoms with E-state index in [-0.39, 0.29) is 0 Å². The first-order valence-corrected chi connectivity index (χ1v) is 3.61. The summed E-state index contributed by atoms with van der Waals surface area (Å²) in [5.41, 5.74) is 3.41. The van der Waals surface area contributed by atoms with Crippen LogP contribution in [0.1, 0.15) is 0 Å². The minimum Gasteiger partial charge on any atom is -0.262 e. The van der Waals surface area contributed by atoms with Gasteiger partial charge in [0.1, 0.15) is 0 Å². The van der Waals surface area contributed by atoms with Gasteiger partial charge < -0.3 is 0 Å². The molecule has 1 heterocycles. The molecule has 1 aromatic carbocycles. The summed E-state index contributed by atoms with van der Waals surface area (Å²) < 4.78 is 1.63. The number of fused-ring (bicyclic) bond motifs is 1. The van der Waals surface area contributed by atoms with Crippen molar-refractivity contribution in [1.29, 1.82) is 0 Å². The van der Waals surface area contributed by atoms with Crippen molar-refractivity contribution in [3.63, 3.8) is 0 Å².